The van der Waals surface area contributed by atoms with E-state index in [0.717, 1.165) is 12.1 Å². The molecule has 0 aliphatic carbocycles. The van der Waals surface area contributed by atoms with Crippen LogP contribution in [0.2, 0.25) is 0 Å². The minimum Gasteiger partial charge on any atom is -0.847 e. The summed E-state index contributed by atoms with van der Waals surface area (Å²) in [5.74, 6) is 0. The van der Waals surface area contributed by atoms with Gasteiger partial charge in [-0.25, -0.2) is 0 Å². The topological polar surface area (TPSA) is 26.3 Å². The second kappa shape index (κ2) is 8.29. The first-order valence-electron chi connectivity index (χ1n) is 6.63. The van der Waals surface area contributed by atoms with Crippen molar-refractivity contribution in [3.63, 3.8) is 0 Å². The summed E-state index contributed by atoms with van der Waals surface area (Å²) < 4.78 is 0. The minimum absolute atomic E-state index is 0. The van der Waals surface area contributed by atoms with Crippen molar-refractivity contribution >= 4 is 0 Å². The first-order chi connectivity index (χ1) is 9.18. The first-order valence-corrected chi connectivity index (χ1v) is 6.63. The van der Waals surface area contributed by atoms with Crippen LogP contribution in [0.3, 0.4) is 0 Å². The Labute approximate surface area is 133 Å². The Morgan fingerprint density at radius 1 is 0.950 bits per heavy atom. The van der Waals surface area contributed by atoms with Gasteiger partial charge >= 0.3 is 18.9 Å². The van der Waals surface area contributed by atoms with E-state index in [2.05, 4.69) is 17.0 Å². The summed E-state index contributed by atoms with van der Waals surface area (Å²) >= 11 is 0. The number of rotatable bonds is 5. The maximum atomic E-state index is 12.4. The number of likely N-dealkylation sites (N-methyl/N-ethyl adjacent to an activating group) is 1. The molecule has 2 aromatic rings. The molecule has 20 heavy (non-hydrogen) atoms. The summed E-state index contributed by atoms with van der Waals surface area (Å²) in [5.41, 5.74) is 2.09. The molecule has 2 atom stereocenters. The second-order valence-electron chi connectivity index (χ2n) is 4.97. The average molecular weight is 261 g/mol. The van der Waals surface area contributed by atoms with Crippen LogP contribution in [0.5, 0.6) is 0 Å². The monoisotopic (exact) mass is 261 g/mol. The molecule has 0 saturated carbocycles. The Morgan fingerprint density at radius 3 is 2.00 bits per heavy atom. The molecule has 0 radical (unpaired) electrons. The molecule has 0 N–H and O–H groups in total. The molecule has 2 rings (SSSR count). The Kier molecular flexibility index (Phi) is 7.05. The zero-order valence-electron chi connectivity index (χ0n) is 12.5. The molecule has 0 saturated heterocycles. The Morgan fingerprint density at radius 2 is 1.45 bits per heavy atom. The van der Waals surface area contributed by atoms with Gasteiger partial charge in [0.25, 0.3) is 0 Å². The van der Waals surface area contributed by atoms with Crippen molar-refractivity contribution in [2.75, 3.05) is 7.05 Å². The molecule has 100 valence electrons. The van der Waals surface area contributed by atoms with Gasteiger partial charge in [0.2, 0.25) is 0 Å². The van der Waals surface area contributed by atoms with E-state index in [9.17, 15) is 5.11 Å². The normalized spacial score (nSPS) is 13.6. The van der Waals surface area contributed by atoms with Crippen LogP contribution in [0.4, 0.5) is 0 Å². The summed E-state index contributed by atoms with van der Waals surface area (Å²) in [4.78, 5) is 2.11. The van der Waals surface area contributed by atoms with Crippen LogP contribution in [-0.4, -0.2) is 18.0 Å². The smallest absolute Gasteiger partial charge is 0.847 e. The van der Waals surface area contributed by atoms with E-state index in [1.54, 1.807) is 0 Å². The number of hydrogen-bond acceptors (Lipinski definition) is 2. The maximum Gasteiger partial charge on any atom is 1.00 e. The molecule has 0 bridgehead atoms. The molecule has 0 heterocycles. The Hall–Kier alpha value is -1.04. The van der Waals surface area contributed by atoms with Crippen LogP contribution in [-0.2, 0) is 6.54 Å². The molecule has 2 nitrogen and oxygen atoms in total. The fourth-order valence-electron chi connectivity index (χ4n) is 2.17. The third kappa shape index (κ3) is 4.51. The summed E-state index contributed by atoms with van der Waals surface area (Å²) in [6.07, 6.45) is -0.713. The van der Waals surface area contributed by atoms with Gasteiger partial charge in [0.15, 0.2) is 0 Å². The summed E-state index contributed by atoms with van der Waals surface area (Å²) in [6.45, 7) is 2.79. The van der Waals surface area contributed by atoms with Gasteiger partial charge in [-0.3, -0.25) is 0 Å². The maximum absolute atomic E-state index is 12.4. The predicted octanol–water partition coefficient (Wildman–Crippen LogP) is -0.387. The van der Waals surface area contributed by atoms with Crippen LogP contribution in [0.1, 0.15) is 24.2 Å². The van der Waals surface area contributed by atoms with E-state index in [-0.39, 0.29) is 24.9 Å². The van der Waals surface area contributed by atoms with E-state index in [0.29, 0.717) is 0 Å². The van der Waals surface area contributed by atoms with Gasteiger partial charge < -0.3 is 10.0 Å². The SMILES string of the molecule is C[C@H]([C@@H]([O-])c1ccccc1)N(C)Cc1ccccc1.[Li+]. The van der Waals surface area contributed by atoms with Gasteiger partial charge in [-0.2, -0.15) is 0 Å². The van der Waals surface area contributed by atoms with Gasteiger partial charge in [0, 0.05) is 6.54 Å². The summed E-state index contributed by atoms with van der Waals surface area (Å²) in [6, 6.07) is 19.8. The largest absolute Gasteiger partial charge is 1.00 e. The average Bonchev–Trinajstić information content (AvgIpc) is 2.47. The first kappa shape index (κ1) is 17.0. The van der Waals surface area contributed by atoms with Crippen molar-refractivity contribution in [1.29, 1.82) is 0 Å². The standard InChI is InChI=1S/C17H20NO.Li/c1-14(17(19)16-11-7-4-8-12-16)18(2)13-15-9-5-3-6-10-15;/h3-12,14,17H,13H2,1-2H3;/q-1;+1/t14-,17-;/m1./s1. The molecular weight excluding hydrogens is 241 g/mol. The molecule has 2 aromatic carbocycles. The zero-order valence-corrected chi connectivity index (χ0v) is 12.5. The molecule has 0 unspecified atom stereocenters. The van der Waals surface area contributed by atoms with Crippen molar-refractivity contribution in [3.05, 3.63) is 71.8 Å². The van der Waals surface area contributed by atoms with Crippen LogP contribution < -0.4 is 24.0 Å². The van der Waals surface area contributed by atoms with Crippen molar-refractivity contribution < 1.29 is 24.0 Å². The van der Waals surface area contributed by atoms with Gasteiger partial charge in [-0.15, -0.1) is 0 Å². The number of nitrogens with zero attached hydrogens (tertiary/aromatic N) is 1. The third-order valence-corrected chi connectivity index (χ3v) is 3.54. The fourth-order valence-corrected chi connectivity index (χ4v) is 2.17. The minimum atomic E-state index is -0.713. The van der Waals surface area contributed by atoms with Crippen molar-refractivity contribution in [1.82, 2.24) is 4.90 Å². The van der Waals surface area contributed by atoms with Gasteiger partial charge in [0.1, 0.15) is 0 Å². The van der Waals surface area contributed by atoms with Crippen LogP contribution >= 0.6 is 0 Å². The van der Waals surface area contributed by atoms with Crippen LogP contribution in [0.15, 0.2) is 60.7 Å². The molecule has 0 aliphatic heterocycles. The van der Waals surface area contributed by atoms with Crippen LogP contribution in [0, 0.1) is 0 Å². The van der Waals surface area contributed by atoms with Gasteiger partial charge in [0.05, 0.1) is 0 Å². The predicted molar refractivity (Wildman–Crippen MR) is 76.6 cm³/mol. The molecule has 0 aliphatic rings. The molecule has 0 amide bonds. The van der Waals surface area contributed by atoms with E-state index < -0.39 is 6.10 Å². The van der Waals surface area contributed by atoms with Crippen molar-refractivity contribution in [2.45, 2.75) is 25.6 Å². The number of hydrogen-bond donors (Lipinski definition) is 0. The molecule has 0 aromatic heterocycles. The summed E-state index contributed by atoms with van der Waals surface area (Å²) in [5, 5.41) is 12.4. The molecule has 0 spiro atoms. The quantitative estimate of drug-likeness (QED) is 0.685. The van der Waals surface area contributed by atoms with E-state index >= 15 is 0 Å². The molecular formula is C17H20LiNO. The van der Waals surface area contributed by atoms with Crippen LogP contribution in [0.25, 0.3) is 0 Å². The second-order valence-corrected chi connectivity index (χ2v) is 4.97. The van der Waals surface area contributed by atoms with E-state index in [4.69, 9.17) is 0 Å². The van der Waals surface area contributed by atoms with E-state index in [1.807, 2.05) is 62.5 Å². The Bertz CT molecular complexity index is 489. The Balaban J connectivity index is 0.00000200. The van der Waals surface area contributed by atoms with Gasteiger partial charge in [-0.05, 0) is 18.7 Å². The van der Waals surface area contributed by atoms with Gasteiger partial charge in [-0.1, -0.05) is 79.3 Å². The number of benzene rings is 2. The third-order valence-electron chi connectivity index (χ3n) is 3.54. The van der Waals surface area contributed by atoms with E-state index in [1.165, 1.54) is 5.56 Å². The summed E-state index contributed by atoms with van der Waals surface area (Å²) in [7, 11) is 2.01. The zero-order chi connectivity index (χ0) is 13.7. The van der Waals surface area contributed by atoms with Crippen molar-refractivity contribution in [2.24, 2.45) is 0 Å². The fraction of sp³-hybridized carbons (Fsp3) is 0.294. The van der Waals surface area contributed by atoms with Crippen molar-refractivity contribution in [3.8, 4) is 0 Å². The molecule has 3 heteroatoms. The molecule has 0 fully saturated rings.